The zero-order chi connectivity index (χ0) is 11.5. The van der Waals surface area contributed by atoms with E-state index in [0.29, 0.717) is 5.69 Å². The minimum absolute atomic E-state index is 0.0697. The number of carbonyl (C=O) groups excluding carboxylic acids is 1. The molecular formula is C7H7F3N2O3. The number of aryl methyl sites for hydroxylation is 1. The number of anilines is 1. The Labute approximate surface area is 82.2 Å². The normalized spacial score (nSPS) is 11.2. The van der Waals surface area contributed by atoms with Gasteiger partial charge in [-0.15, -0.1) is 0 Å². The fraction of sp³-hybridized carbons (Fsp3) is 0.429. The van der Waals surface area contributed by atoms with Crippen molar-refractivity contribution in [2.75, 3.05) is 11.9 Å². The topological polar surface area (TPSA) is 64.4 Å². The molecule has 1 amide bonds. The van der Waals surface area contributed by atoms with E-state index in [0.717, 1.165) is 0 Å². The first-order valence-electron chi connectivity index (χ1n) is 3.81. The van der Waals surface area contributed by atoms with Gasteiger partial charge in [0.2, 0.25) is 5.88 Å². The van der Waals surface area contributed by atoms with Crippen LogP contribution in [-0.2, 0) is 4.74 Å². The van der Waals surface area contributed by atoms with Gasteiger partial charge in [0.25, 0.3) is 0 Å². The van der Waals surface area contributed by atoms with Crippen molar-refractivity contribution in [3.8, 4) is 0 Å². The number of ether oxygens (including phenoxy) is 1. The van der Waals surface area contributed by atoms with Gasteiger partial charge in [-0.1, -0.05) is 5.16 Å². The summed E-state index contributed by atoms with van der Waals surface area (Å²) in [5, 5.41) is 5.36. The standard InChI is InChI=1S/C7H7F3N2O3/c1-4-2-5(15-12-4)11-6(13)14-3-7(8,9)10/h2H,3H2,1H3,(H,11,13). The molecule has 0 radical (unpaired) electrons. The molecule has 5 nitrogen and oxygen atoms in total. The van der Waals surface area contributed by atoms with Crippen LogP contribution in [0.15, 0.2) is 10.6 Å². The van der Waals surface area contributed by atoms with Crippen molar-refractivity contribution < 1.29 is 27.2 Å². The molecule has 0 fully saturated rings. The number of rotatable bonds is 2. The van der Waals surface area contributed by atoms with Gasteiger partial charge in [-0.2, -0.15) is 13.2 Å². The average Bonchev–Trinajstić information content (AvgIpc) is 2.47. The third-order valence-electron chi connectivity index (χ3n) is 1.22. The lowest BCUT2D eigenvalue weighted by molar-refractivity contribution is -0.159. The summed E-state index contributed by atoms with van der Waals surface area (Å²) in [6.07, 6.45) is -5.79. The molecule has 1 aromatic rings. The summed E-state index contributed by atoms with van der Waals surface area (Å²) in [6.45, 7) is -0.0539. The molecule has 0 saturated heterocycles. The maximum absolute atomic E-state index is 11.6. The second-order valence-corrected chi connectivity index (χ2v) is 2.65. The Hall–Kier alpha value is -1.73. The molecule has 0 aliphatic heterocycles. The zero-order valence-electron chi connectivity index (χ0n) is 7.59. The monoisotopic (exact) mass is 224 g/mol. The van der Waals surface area contributed by atoms with Crippen molar-refractivity contribution in [2.24, 2.45) is 0 Å². The van der Waals surface area contributed by atoms with E-state index < -0.39 is 18.9 Å². The van der Waals surface area contributed by atoms with Crippen LogP contribution in [-0.4, -0.2) is 24.0 Å². The van der Waals surface area contributed by atoms with Gasteiger partial charge >= 0.3 is 12.3 Å². The van der Waals surface area contributed by atoms with Gasteiger partial charge in [0, 0.05) is 6.07 Å². The highest BCUT2D eigenvalue weighted by atomic mass is 19.4. The van der Waals surface area contributed by atoms with Gasteiger partial charge in [-0.05, 0) is 6.92 Å². The molecule has 0 aromatic carbocycles. The minimum atomic E-state index is -4.55. The molecule has 0 aliphatic rings. The molecule has 1 aromatic heterocycles. The second kappa shape index (κ2) is 4.20. The van der Waals surface area contributed by atoms with Gasteiger partial charge < -0.3 is 9.26 Å². The van der Waals surface area contributed by atoms with Crippen molar-refractivity contribution in [3.63, 3.8) is 0 Å². The summed E-state index contributed by atoms with van der Waals surface area (Å²) in [5.74, 6) is -0.0697. The van der Waals surface area contributed by atoms with Crippen LogP contribution in [0, 0.1) is 6.92 Å². The van der Waals surface area contributed by atoms with Crippen molar-refractivity contribution in [2.45, 2.75) is 13.1 Å². The molecule has 1 rings (SSSR count). The number of alkyl halides is 3. The van der Waals surface area contributed by atoms with Crippen LogP contribution in [0.5, 0.6) is 0 Å². The molecule has 0 bridgehead atoms. The van der Waals surface area contributed by atoms with E-state index in [1.165, 1.54) is 6.07 Å². The van der Waals surface area contributed by atoms with Crippen LogP contribution in [0.1, 0.15) is 5.69 Å². The number of halogens is 3. The Morgan fingerprint density at radius 2 is 2.33 bits per heavy atom. The molecule has 0 aliphatic carbocycles. The first-order chi connectivity index (χ1) is 6.87. The summed E-state index contributed by atoms with van der Waals surface area (Å²) >= 11 is 0. The molecule has 0 atom stereocenters. The molecule has 1 N–H and O–H groups in total. The predicted octanol–water partition coefficient (Wildman–Crippen LogP) is 2.09. The maximum atomic E-state index is 11.6. The quantitative estimate of drug-likeness (QED) is 0.835. The lowest BCUT2D eigenvalue weighted by atomic mass is 10.5. The molecular weight excluding hydrogens is 217 g/mol. The molecule has 84 valence electrons. The Bertz CT molecular complexity index is 347. The van der Waals surface area contributed by atoms with E-state index in [9.17, 15) is 18.0 Å². The molecule has 15 heavy (non-hydrogen) atoms. The fourth-order valence-electron chi connectivity index (χ4n) is 0.707. The van der Waals surface area contributed by atoms with Crippen molar-refractivity contribution in [3.05, 3.63) is 11.8 Å². The summed E-state index contributed by atoms with van der Waals surface area (Å²) < 4.78 is 43.2. The van der Waals surface area contributed by atoms with Crippen LogP contribution < -0.4 is 5.32 Å². The number of nitrogens with zero attached hydrogens (tertiary/aromatic N) is 1. The Morgan fingerprint density at radius 1 is 1.67 bits per heavy atom. The van der Waals surface area contributed by atoms with Crippen LogP contribution in [0.4, 0.5) is 23.8 Å². The maximum Gasteiger partial charge on any atom is 0.422 e. The van der Waals surface area contributed by atoms with Gasteiger partial charge in [0.15, 0.2) is 6.61 Å². The first kappa shape index (κ1) is 11.3. The van der Waals surface area contributed by atoms with Gasteiger partial charge in [0.05, 0.1) is 5.69 Å². The highest BCUT2D eigenvalue weighted by Crippen LogP contribution is 2.15. The van der Waals surface area contributed by atoms with Crippen molar-refractivity contribution >= 4 is 12.0 Å². The third-order valence-corrected chi connectivity index (χ3v) is 1.22. The highest BCUT2D eigenvalue weighted by molar-refractivity contribution is 5.82. The Morgan fingerprint density at radius 3 is 2.80 bits per heavy atom. The van der Waals surface area contributed by atoms with Gasteiger partial charge in [-0.3, -0.25) is 5.32 Å². The molecule has 0 unspecified atom stereocenters. The largest absolute Gasteiger partial charge is 0.440 e. The summed E-state index contributed by atoms with van der Waals surface area (Å²) in [4.78, 5) is 10.7. The SMILES string of the molecule is Cc1cc(NC(=O)OCC(F)(F)F)on1. The van der Waals surface area contributed by atoms with Gasteiger partial charge in [0.1, 0.15) is 0 Å². The van der Waals surface area contributed by atoms with E-state index >= 15 is 0 Å². The van der Waals surface area contributed by atoms with E-state index in [4.69, 9.17) is 0 Å². The van der Waals surface area contributed by atoms with E-state index in [1.807, 2.05) is 5.32 Å². The fourth-order valence-corrected chi connectivity index (χ4v) is 0.707. The molecule has 1 heterocycles. The minimum Gasteiger partial charge on any atom is -0.440 e. The number of hydrogen-bond acceptors (Lipinski definition) is 4. The summed E-state index contributed by atoms with van der Waals surface area (Å²) in [7, 11) is 0. The van der Waals surface area contributed by atoms with Crippen LogP contribution in [0.25, 0.3) is 0 Å². The average molecular weight is 224 g/mol. The number of aromatic nitrogens is 1. The number of carbonyl (C=O) groups is 1. The zero-order valence-corrected chi connectivity index (χ0v) is 7.59. The van der Waals surface area contributed by atoms with Gasteiger partial charge in [-0.25, -0.2) is 4.79 Å². The smallest absolute Gasteiger partial charge is 0.422 e. The van der Waals surface area contributed by atoms with E-state index in [1.54, 1.807) is 6.92 Å². The number of amides is 1. The Balaban J connectivity index is 2.37. The Kier molecular flexibility index (Phi) is 3.17. The van der Waals surface area contributed by atoms with E-state index in [-0.39, 0.29) is 5.88 Å². The van der Waals surface area contributed by atoms with Crippen LogP contribution in [0.2, 0.25) is 0 Å². The first-order valence-corrected chi connectivity index (χ1v) is 3.81. The highest BCUT2D eigenvalue weighted by Gasteiger charge is 2.29. The molecule has 8 heteroatoms. The summed E-state index contributed by atoms with van der Waals surface area (Å²) in [6, 6.07) is 1.34. The third kappa shape index (κ3) is 4.34. The second-order valence-electron chi connectivity index (χ2n) is 2.65. The number of nitrogens with one attached hydrogen (secondary N) is 1. The predicted molar refractivity (Wildman–Crippen MR) is 42.3 cm³/mol. The van der Waals surface area contributed by atoms with Crippen LogP contribution >= 0.6 is 0 Å². The molecule has 0 saturated carbocycles. The lowest BCUT2D eigenvalue weighted by Gasteiger charge is -2.06. The summed E-state index contributed by atoms with van der Waals surface area (Å²) in [5.41, 5.74) is 0.487. The van der Waals surface area contributed by atoms with Crippen molar-refractivity contribution in [1.82, 2.24) is 5.16 Å². The molecule has 0 spiro atoms. The number of hydrogen-bond donors (Lipinski definition) is 1. The van der Waals surface area contributed by atoms with Crippen LogP contribution in [0.3, 0.4) is 0 Å². The van der Waals surface area contributed by atoms with Crippen molar-refractivity contribution in [1.29, 1.82) is 0 Å². The van der Waals surface area contributed by atoms with E-state index in [2.05, 4.69) is 14.4 Å². The lowest BCUT2D eigenvalue weighted by Crippen LogP contribution is -2.23.